The minimum atomic E-state index is -0.663. The summed E-state index contributed by atoms with van der Waals surface area (Å²) >= 11 is 0. The average Bonchev–Trinajstić information content (AvgIpc) is 2.63. The van der Waals surface area contributed by atoms with E-state index in [1.165, 1.54) is 0 Å². The lowest BCUT2D eigenvalue weighted by Gasteiger charge is -2.56. The van der Waals surface area contributed by atoms with E-state index in [1.807, 2.05) is 50.8 Å². The van der Waals surface area contributed by atoms with Crippen LogP contribution in [-0.2, 0) is 30.3 Å². The van der Waals surface area contributed by atoms with E-state index in [-0.39, 0.29) is 30.1 Å². The van der Waals surface area contributed by atoms with Crippen LogP contribution in [-0.4, -0.2) is 53.8 Å². The van der Waals surface area contributed by atoms with Crippen molar-refractivity contribution < 1.29 is 23.7 Å². The molecule has 6 nitrogen and oxygen atoms in total. The maximum Gasteiger partial charge on any atom is 0.231 e. The number of rotatable bonds is 4. The summed E-state index contributed by atoms with van der Waals surface area (Å²) in [6, 6.07) is 10.1. The molecule has 3 heterocycles. The van der Waals surface area contributed by atoms with Crippen molar-refractivity contribution in [3.8, 4) is 0 Å². The Labute approximate surface area is 167 Å². The molecule has 4 rings (SSSR count). The Morgan fingerprint density at radius 3 is 2.11 bits per heavy atom. The van der Waals surface area contributed by atoms with E-state index >= 15 is 0 Å². The van der Waals surface area contributed by atoms with Crippen molar-refractivity contribution in [2.45, 2.75) is 76.9 Å². The fourth-order valence-electron chi connectivity index (χ4n) is 4.62. The van der Waals surface area contributed by atoms with Gasteiger partial charge in [-0.05, 0) is 46.1 Å². The van der Waals surface area contributed by atoms with Gasteiger partial charge in [-0.25, -0.2) is 0 Å². The van der Waals surface area contributed by atoms with Crippen molar-refractivity contribution >= 4 is 5.91 Å². The first-order chi connectivity index (χ1) is 13.3. The highest BCUT2D eigenvalue weighted by Crippen LogP contribution is 2.42. The van der Waals surface area contributed by atoms with Gasteiger partial charge in [0.15, 0.2) is 11.6 Å². The Bertz CT molecular complexity index is 704. The van der Waals surface area contributed by atoms with E-state index in [0.717, 1.165) is 18.4 Å². The van der Waals surface area contributed by atoms with Crippen molar-refractivity contribution in [3.05, 3.63) is 35.9 Å². The highest BCUT2D eigenvalue weighted by molar-refractivity contribution is 5.87. The maximum atomic E-state index is 13.2. The maximum absolute atomic E-state index is 13.2. The van der Waals surface area contributed by atoms with Crippen LogP contribution in [0.4, 0.5) is 0 Å². The molecule has 3 aliphatic rings. The third kappa shape index (κ3) is 3.96. The highest BCUT2D eigenvalue weighted by Gasteiger charge is 2.57. The molecule has 0 saturated carbocycles. The zero-order valence-electron chi connectivity index (χ0n) is 17.2. The molecule has 4 atom stereocenters. The van der Waals surface area contributed by atoms with Gasteiger partial charge in [0, 0.05) is 6.54 Å². The van der Waals surface area contributed by atoms with Crippen molar-refractivity contribution in [3.63, 3.8) is 0 Å². The van der Waals surface area contributed by atoms with Crippen LogP contribution in [0.1, 0.15) is 46.1 Å². The van der Waals surface area contributed by atoms with Gasteiger partial charge >= 0.3 is 0 Å². The third-order valence-electron chi connectivity index (χ3n) is 5.85. The molecule has 0 N–H and O–H groups in total. The zero-order valence-corrected chi connectivity index (χ0v) is 17.2. The largest absolute Gasteiger partial charge is 0.350 e. The number of benzene rings is 1. The minimum absolute atomic E-state index is 0.0187. The van der Waals surface area contributed by atoms with Crippen molar-refractivity contribution in [1.29, 1.82) is 0 Å². The summed E-state index contributed by atoms with van der Waals surface area (Å²) in [5.74, 6) is -1.36. The van der Waals surface area contributed by atoms with Gasteiger partial charge in [-0.3, -0.25) is 4.79 Å². The number of β-lactam (4-membered cyclic amide) rings is 1. The van der Waals surface area contributed by atoms with Gasteiger partial charge in [0.1, 0.15) is 0 Å². The van der Waals surface area contributed by atoms with E-state index in [0.29, 0.717) is 19.8 Å². The van der Waals surface area contributed by atoms with E-state index in [2.05, 4.69) is 12.1 Å². The van der Waals surface area contributed by atoms with Crippen LogP contribution in [0.15, 0.2) is 30.3 Å². The first-order valence-corrected chi connectivity index (χ1v) is 10.2. The predicted molar refractivity (Wildman–Crippen MR) is 103 cm³/mol. The molecule has 6 heteroatoms. The molecular weight excluding hydrogens is 358 g/mol. The summed E-state index contributed by atoms with van der Waals surface area (Å²) in [5, 5.41) is 0. The molecule has 0 spiro atoms. The average molecular weight is 389 g/mol. The van der Waals surface area contributed by atoms with E-state index in [1.54, 1.807) is 0 Å². The van der Waals surface area contributed by atoms with Gasteiger partial charge in [-0.2, -0.15) is 0 Å². The first-order valence-electron chi connectivity index (χ1n) is 10.2. The van der Waals surface area contributed by atoms with Crippen LogP contribution in [0.5, 0.6) is 0 Å². The SMILES string of the molecule is CC1(C)OCC[C@@H]([C@@H]2C(=O)N(Cc3ccccc3)[C@@H]2[C@@H]2CCOC(C)(C)O2)O1. The molecule has 3 saturated heterocycles. The molecular formula is C22H31NO5. The smallest absolute Gasteiger partial charge is 0.231 e. The fourth-order valence-corrected chi connectivity index (χ4v) is 4.62. The molecule has 0 aliphatic carbocycles. The summed E-state index contributed by atoms with van der Waals surface area (Å²) in [5.41, 5.74) is 1.12. The molecule has 0 bridgehead atoms. The van der Waals surface area contributed by atoms with Crippen molar-refractivity contribution in [2.75, 3.05) is 13.2 Å². The quantitative estimate of drug-likeness (QED) is 0.741. The zero-order chi connectivity index (χ0) is 19.9. The van der Waals surface area contributed by atoms with E-state index in [4.69, 9.17) is 18.9 Å². The Balaban J connectivity index is 1.57. The Morgan fingerprint density at radius 2 is 1.50 bits per heavy atom. The van der Waals surface area contributed by atoms with Crippen LogP contribution >= 0.6 is 0 Å². The second-order valence-electron chi connectivity index (χ2n) is 8.85. The molecule has 1 aromatic carbocycles. The van der Waals surface area contributed by atoms with Crippen LogP contribution in [0, 0.1) is 5.92 Å². The number of carbonyl (C=O) groups is 1. The first kappa shape index (κ1) is 19.8. The molecule has 1 amide bonds. The third-order valence-corrected chi connectivity index (χ3v) is 5.85. The van der Waals surface area contributed by atoms with Crippen LogP contribution < -0.4 is 0 Å². The molecule has 3 fully saturated rings. The number of amides is 1. The lowest BCUT2D eigenvalue weighted by Crippen LogP contribution is -2.71. The number of hydrogen-bond donors (Lipinski definition) is 0. The molecule has 154 valence electrons. The van der Waals surface area contributed by atoms with Crippen LogP contribution in [0.3, 0.4) is 0 Å². The molecule has 3 aliphatic heterocycles. The second-order valence-corrected chi connectivity index (χ2v) is 8.85. The van der Waals surface area contributed by atoms with Gasteiger partial charge < -0.3 is 23.8 Å². The van der Waals surface area contributed by atoms with Crippen molar-refractivity contribution in [2.24, 2.45) is 5.92 Å². The lowest BCUT2D eigenvalue weighted by atomic mass is 9.76. The number of likely N-dealkylation sites (tertiary alicyclic amines) is 1. The Hall–Kier alpha value is -1.47. The van der Waals surface area contributed by atoms with E-state index < -0.39 is 11.6 Å². The van der Waals surface area contributed by atoms with Gasteiger partial charge in [0.05, 0.1) is 37.4 Å². The summed E-state index contributed by atoms with van der Waals surface area (Å²) in [7, 11) is 0. The summed E-state index contributed by atoms with van der Waals surface area (Å²) in [4.78, 5) is 15.2. The van der Waals surface area contributed by atoms with Crippen LogP contribution in [0.25, 0.3) is 0 Å². The molecule has 0 unspecified atom stereocenters. The second kappa shape index (κ2) is 7.41. The number of hydrogen-bond acceptors (Lipinski definition) is 5. The lowest BCUT2D eigenvalue weighted by molar-refractivity contribution is -0.313. The minimum Gasteiger partial charge on any atom is -0.350 e. The van der Waals surface area contributed by atoms with E-state index in [9.17, 15) is 4.79 Å². The van der Waals surface area contributed by atoms with Gasteiger partial charge in [0.2, 0.25) is 5.91 Å². The molecule has 0 radical (unpaired) electrons. The number of nitrogens with zero attached hydrogens (tertiary/aromatic N) is 1. The van der Waals surface area contributed by atoms with Gasteiger partial charge in [-0.1, -0.05) is 30.3 Å². The summed E-state index contributed by atoms with van der Waals surface area (Å²) in [6.45, 7) is 9.52. The summed E-state index contributed by atoms with van der Waals surface area (Å²) in [6.07, 6.45) is 1.28. The normalized spacial score (nSPS) is 34.7. The standard InChI is InChI=1S/C22H31NO5/c1-21(2)25-12-10-16(27-21)18-19(17-11-13-26-22(3,4)28-17)23(20(18)24)14-15-8-6-5-7-9-15/h5-9,16-19H,10-14H2,1-4H3/t16-,17-,18-,19+/m0/s1. The Kier molecular flexibility index (Phi) is 5.25. The fraction of sp³-hybridized carbons (Fsp3) is 0.682. The van der Waals surface area contributed by atoms with Gasteiger partial charge in [0.25, 0.3) is 0 Å². The Morgan fingerprint density at radius 1 is 0.929 bits per heavy atom. The molecule has 1 aromatic rings. The predicted octanol–water partition coefficient (Wildman–Crippen LogP) is 3.10. The number of carbonyl (C=O) groups excluding carboxylic acids is 1. The van der Waals surface area contributed by atoms with Crippen molar-refractivity contribution in [1.82, 2.24) is 4.90 Å². The number of ether oxygens (including phenoxy) is 4. The highest BCUT2D eigenvalue weighted by atomic mass is 16.7. The van der Waals surface area contributed by atoms with Gasteiger partial charge in [-0.15, -0.1) is 0 Å². The van der Waals surface area contributed by atoms with Crippen LogP contribution in [0.2, 0.25) is 0 Å². The molecule has 28 heavy (non-hydrogen) atoms. The molecule has 0 aromatic heterocycles. The topological polar surface area (TPSA) is 57.2 Å². The monoisotopic (exact) mass is 389 g/mol. The summed E-state index contributed by atoms with van der Waals surface area (Å²) < 4.78 is 23.8.